The lowest BCUT2D eigenvalue weighted by molar-refractivity contribution is -0.121. The minimum absolute atomic E-state index is 0.130. The molecule has 170 valence electrons. The van der Waals surface area contributed by atoms with Crippen LogP contribution in [-0.4, -0.2) is 38.0 Å². The number of carbonyl (C=O) groups excluding carboxylic acids is 3. The van der Waals surface area contributed by atoms with Gasteiger partial charge in [-0.2, -0.15) is 0 Å². The summed E-state index contributed by atoms with van der Waals surface area (Å²) in [5, 5.41) is 2.83. The van der Waals surface area contributed by atoms with E-state index in [1.165, 1.54) is 12.0 Å². The summed E-state index contributed by atoms with van der Waals surface area (Å²) in [4.78, 5) is 38.4. The fourth-order valence-corrected chi connectivity index (χ4v) is 3.50. The zero-order chi connectivity index (χ0) is 23.9. The predicted molar refractivity (Wildman–Crippen MR) is 128 cm³/mol. The van der Waals surface area contributed by atoms with Gasteiger partial charge in [0.25, 0.3) is 0 Å². The Morgan fingerprint density at radius 2 is 1.74 bits per heavy atom. The van der Waals surface area contributed by atoms with Crippen LogP contribution in [0, 0.1) is 11.8 Å². The van der Waals surface area contributed by atoms with Crippen molar-refractivity contribution in [3.63, 3.8) is 0 Å². The Labute approximate surface area is 197 Å². The molecule has 0 saturated carbocycles. The minimum Gasteiger partial charge on any atom is -0.491 e. The van der Waals surface area contributed by atoms with Gasteiger partial charge in [0.15, 0.2) is 0 Å². The molecule has 0 radical (unpaired) electrons. The Kier molecular flexibility index (Phi) is 6.89. The second-order valence-electron chi connectivity index (χ2n) is 7.50. The first-order chi connectivity index (χ1) is 16.5. The van der Waals surface area contributed by atoms with E-state index >= 15 is 0 Å². The van der Waals surface area contributed by atoms with Crippen molar-refractivity contribution in [2.45, 2.75) is 6.42 Å². The van der Waals surface area contributed by atoms with Gasteiger partial charge in [0.1, 0.15) is 12.3 Å². The van der Waals surface area contributed by atoms with Gasteiger partial charge in [-0.05, 0) is 48.5 Å². The maximum absolute atomic E-state index is 12.7. The molecule has 0 unspecified atom stereocenters. The van der Waals surface area contributed by atoms with Crippen LogP contribution < -0.4 is 15.0 Å². The summed E-state index contributed by atoms with van der Waals surface area (Å²) in [7, 11) is 1.33. The summed E-state index contributed by atoms with van der Waals surface area (Å²) >= 11 is 0. The number of fused-ring (bicyclic) bond motifs is 1. The van der Waals surface area contributed by atoms with Crippen molar-refractivity contribution in [3.8, 4) is 17.6 Å². The van der Waals surface area contributed by atoms with E-state index in [1.807, 2.05) is 12.1 Å². The second-order valence-corrected chi connectivity index (χ2v) is 7.50. The summed E-state index contributed by atoms with van der Waals surface area (Å²) < 4.78 is 10.4. The van der Waals surface area contributed by atoms with Gasteiger partial charge in [0.05, 0.1) is 31.4 Å². The van der Waals surface area contributed by atoms with Gasteiger partial charge in [0.2, 0.25) is 11.8 Å². The summed E-state index contributed by atoms with van der Waals surface area (Å²) in [6.07, 6.45) is 0.199. The Morgan fingerprint density at radius 3 is 2.53 bits per heavy atom. The molecule has 0 saturated heterocycles. The molecule has 34 heavy (non-hydrogen) atoms. The second kappa shape index (κ2) is 10.4. The Hall–Kier alpha value is -4.57. The van der Waals surface area contributed by atoms with Crippen LogP contribution in [-0.2, 0) is 14.3 Å². The molecule has 7 heteroatoms. The van der Waals surface area contributed by atoms with E-state index in [1.54, 1.807) is 60.7 Å². The quantitative estimate of drug-likeness (QED) is 0.481. The summed E-state index contributed by atoms with van der Waals surface area (Å²) in [5.41, 5.74) is 2.91. The topological polar surface area (TPSA) is 84.9 Å². The van der Waals surface area contributed by atoms with Gasteiger partial charge in [0, 0.05) is 16.8 Å². The zero-order valence-electron chi connectivity index (χ0n) is 18.5. The zero-order valence-corrected chi connectivity index (χ0v) is 18.5. The molecule has 1 heterocycles. The number of amides is 2. The van der Waals surface area contributed by atoms with Crippen molar-refractivity contribution in [2.75, 3.05) is 30.5 Å². The molecule has 3 aromatic rings. The molecular weight excluding hydrogens is 432 g/mol. The first kappa shape index (κ1) is 22.6. The number of nitrogens with one attached hydrogen (secondary N) is 1. The molecule has 7 nitrogen and oxygen atoms in total. The normalized spacial score (nSPS) is 12.4. The predicted octanol–water partition coefficient (Wildman–Crippen LogP) is 3.63. The smallest absolute Gasteiger partial charge is 0.337 e. The third kappa shape index (κ3) is 5.43. The van der Waals surface area contributed by atoms with E-state index in [2.05, 4.69) is 17.2 Å². The number of hydrogen-bond acceptors (Lipinski definition) is 5. The number of carbonyl (C=O) groups is 3. The third-order valence-electron chi connectivity index (χ3n) is 5.11. The van der Waals surface area contributed by atoms with Gasteiger partial charge in [-0.25, -0.2) is 4.79 Å². The number of para-hydroxylation sites is 2. The fraction of sp³-hybridized carbons (Fsp3) is 0.148. The largest absolute Gasteiger partial charge is 0.491 e. The molecule has 0 aliphatic carbocycles. The van der Waals surface area contributed by atoms with E-state index in [0.29, 0.717) is 33.8 Å². The Morgan fingerprint density at radius 1 is 1.00 bits per heavy atom. The highest BCUT2D eigenvalue weighted by Gasteiger charge is 2.25. The van der Waals surface area contributed by atoms with Crippen LogP contribution in [0.3, 0.4) is 0 Å². The van der Waals surface area contributed by atoms with Gasteiger partial charge in [-0.15, -0.1) is 0 Å². The van der Waals surface area contributed by atoms with E-state index in [4.69, 9.17) is 9.47 Å². The Balaban J connectivity index is 1.46. The number of rotatable bonds is 4. The van der Waals surface area contributed by atoms with Crippen molar-refractivity contribution in [2.24, 2.45) is 0 Å². The van der Waals surface area contributed by atoms with E-state index in [0.717, 1.165) is 0 Å². The van der Waals surface area contributed by atoms with Gasteiger partial charge >= 0.3 is 5.97 Å². The highest BCUT2D eigenvalue weighted by Crippen LogP contribution is 2.30. The SMILES string of the molecule is COC(=O)c1cccc(C#Cc2cccc(NC(=O)CN3C(=O)CCOc4ccccc43)c2)c1. The van der Waals surface area contributed by atoms with Crippen molar-refractivity contribution in [1.82, 2.24) is 0 Å². The molecule has 1 N–H and O–H groups in total. The lowest BCUT2D eigenvalue weighted by Gasteiger charge is -2.21. The molecule has 1 aliphatic heterocycles. The first-order valence-electron chi connectivity index (χ1n) is 10.7. The molecule has 3 aromatic carbocycles. The summed E-state index contributed by atoms with van der Waals surface area (Å²) in [6.45, 7) is 0.145. The highest BCUT2D eigenvalue weighted by molar-refractivity contribution is 6.03. The summed E-state index contributed by atoms with van der Waals surface area (Å²) in [5.74, 6) is 5.70. The Bertz CT molecular complexity index is 1310. The van der Waals surface area contributed by atoms with Crippen LogP contribution in [0.25, 0.3) is 0 Å². The lowest BCUT2D eigenvalue weighted by Crippen LogP contribution is -2.37. The molecule has 0 atom stereocenters. The molecular formula is C27H22N2O5. The maximum Gasteiger partial charge on any atom is 0.337 e. The van der Waals surface area contributed by atoms with Crippen LogP contribution >= 0.6 is 0 Å². The van der Waals surface area contributed by atoms with Crippen LogP contribution in [0.1, 0.15) is 27.9 Å². The van der Waals surface area contributed by atoms with Crippen molar-refractivity contribution in [1.29, 1.82) is 0 Å². The van der Waals surface area contributed by atoms with E-state index in [9.17, 15) is 14.4 Å². The molecule has 1 aliphatic rings. The molecule has 0 spiro atoms. The fourth-order valence-electron chi connectivity index (χ4n) is 3.50. The van der Waals surface area contributed by atoms with Gasteiger partial charge < -0.3 is 14.8 Å². The van der Waals surface area contributed by atoms with Crippen molar-refractivity contribution >= 4 is 29.2 Å². The average Bonchev–Trinajstić information content (AvgIpc) is 3.01. The van der Waals surface area contributed by atoms with Crippen LogP contribution in [0.4, 0.5) is 11.4 Å². The molecule has 2 amide bonds. The number of hydrogen-bond donors (Lipinski definition) is 1. The van der Waals surface area contributed by atoms with Crippen LogP contribution in [0.15, 0.2) is 72.8 Å². The number of nitrogens with zero attached hydrogens (tertiary/aromatic N) is 1. The van der Waals surface area contributed by atoms with Crippen molar-refractivity contribution < 1.29 is 23.9 Å². The summed E-state index contributed by atoms with van der Waals surface area (Å²) in [6, 6.07) is 21.1. The molecule has 0 bridgehead atoms. The number of esters is 1. The van der Waals surface area contributed by atoms with E-state index in [-0.39, 0.29) is 31.4 Å². The van der Waals surface area contributed by atoms with Crippen LogP contribution in [0.2, 0.25) is 0 Å². The number of benzene rings is 3. The third-order valence-corrected chi connectivity index (χ3v) is 5.11. The number of ether oxygens (including phenoxy) is 2. The molecule has 4 rings (SSSR count). The van der Waals surface area contributed by atoms with Gasteiger partial charge in [-0.1, -0.05) is 36.1 Å². The maximum atomic E-state index is 12.7. The monoisotopic (exact) mass is 454 g/mol. The van der Waals surface area contributed by atoms with Gasteiger partial charge in [-0.3, -0.25) is 14.5 Å². The standard InChI is InChI=1S/C27H22N2O5/c1-33-27(32)21-8-4-6-19(16-21)12-13-20-7-5-9-22(17-20)28-25(30)18-29-23-10-2-3-11-24(23)34-15-14-26(29)31/h2-11,16-17H,14-15,18H2,1H3,(H,28,30). The van der Waals surface area contributed by atoms with E-state index < -0.39 is 5.97 Å². The average molecular weight is 454 g/mol. The highest BCUT2D eigenvalue weighted by atomic mass is 16.5. The van der Waals surface area contributed by atoms with Crippen molar-refractivity contribution in [3.05, 3.63) is 89.5 Å². The molecule has 0 aromatic heterocycles. The minimum atomic E-state index is -0.426. The lowest BCUT2D eigenvalue weighted by atomic mass is 10.1. The number of anilines is 2. The van der Waals surface area contributed by atoms with Crippen LogP contribution in [0.5, 0.6) is 5.75 Å². The first-order valence-corrected chi connectivity index (χ1v) is 10.7. The number of methoxy groups -OCH3 is 1. The molecule has 0 fully saturated rings.